The third kappa shape index (κ3) is 4.70. The fourth-order valence-electron chi connectivity index (χ4n) is 4.02. The SMILES string of the molecule is C=C(/C=C\N(C)CC(C)C)Cc1nc2c([nH]1)c1cnn(Cc3nccc(NC)n3)c(=O)c1n2C. The van der Waals surface area contributed by atoms with Gasteiger partial charge in [0.2, 0.25) is 0 Å². The third-order valence-corrected chi connectivity index (χ3v) is 5.54. The summed E-state index contributed by atoms with van der Waals surface area (Å²) in [6.07, 6.45) is 7.99. The highest BCUT2D eigenvalue weighted by atomic mass is 16.1. The Balaban J connectivity index is 1.59. The van der Waals surface area contributed by atoms with E-state index in [1.54, 1.807) is 25.5 Å². The normalized spacial score (nSPS) is 11.8. The van der Waals surface area contributed by atoms with Gasteiger partial charge in [0.25, 0.3) is 5.56 Å². The van der Waals surface area contributed by atoms with Gasteiger partial charge in [-0.15, -0.1) is 0 Å². The summed E-state index contributed by atoms with van der Waals surface area (Å²) >= 11 is 0. The molecule has 4 heterocycles. The lowest BCUT2D eigenvalue weighted by molar-refractivity contribution is 0.389. The number of imidazole rings is 1. The highest BCUT2D eigenvalue weighted by Gasteiger charge is 2.18. The second kappa shape index (κ2) is 9.50. The Morgan fingerprint density at radius 3 is 2.88 bits per heavy atom. The molecule has 0 aliphatic rings. The summed E-state index contributed by atoms with van der Waals surface area (Å²) in [7, 11) is 5.68. The fourth-order valence-corrected chi connectivity index (χ4v) is 4.02. The average molecular weight is 462 g/mol. The van der Waals surface area contributed by atoms with Crippen molar-refractivity contribution >= 4 is 27.9 Å². The smallest absolute Gasteiger partial charge is 0.291 e. The zero-order valence-electron chi connectivity index (χ0n) is 20.3. The van der Waals surface area contributed by atoms with Crippen molar-refractivity contribution in [1.82, 2.24) is 39.2 Å². The molecule has 0 bridgehead atoms. The Bertz CT molecular complexity index is 1420. The highest BCUT2D eigenvalue weighted by molar-refractivity contribution is 6.03. The van der Waals surface area contributed by atoms with Crippen LogP contribution < -0.4 is 10.9 Å². The summed E-state index contributed by atoms with van der Waals surface area (Å²) in [4.78, 5) is 32.1. The van der Waals surface area contributed by atoms with Crippen LogP contribution in [0.3, 0.4) is 0 Å². The number of fused-ring (bicyclic) bond motifs is 3. The summed E-state index contributed by atoms with van der Waals surface area (Å²) in [6.45, 7) is 9.70. The standard InChI is InChI=1S/C24H31N9O/c1-15(2)13-31(5)10-8-16(3)11-19-29-21-17-12-27-33(14-20-26-9-7-18(25-4)28-20)24(34)22(17)32(6)23(21)30-19/h7-10,12,15H,3,11,13-14H2,1-2,4-6H3,(H,29,30)(H,25,26,28)/b10-8-. The molecule has 2 N–H and O–H groups in total. The van der Waals surface area contributed by atoms with Crippen molar-refractivity contribution in [2.45, 2.75) is 26.8 Å². The molecule has 0 amide bonds. The van der Waals surface area contributed by atoms with Crippen molar-refractivity contribution in [1.29, 1.82) is 0 Å². The molecule has 0 saturated carbocycles. The monoisotopic (exact) mass is 461 g/mol. The van der Waals surface area contributed by atoms with Gasteiger partial charge in [-0.3, -0.25) is 4.79 Å². The number of H-pyrrole nitrogens is 1. The quantitative estimate of drug-likeness (QED) is 0.369. The maximum atomic E-state index is 13.2. The van der Waals surface area contributed by atoms with Crippen molar-refractivity contribution in [2.75, 3.05) is 26.0 Å². The fraction of sp³-hybridized carbons (Fsp3) is 0.375. The summed E-state index contributed by atoms with van der Waals surface area (Å²) in [5.41, 5.74) is 2.78. The van der Waals surface area contributed by atoms with Crippen molar-refractivity contribution in [2.24, 2.45) is 13.0 Å². The summed E-state index contributed by atoms with van der Waals surface area (Å²) < 4.78 is 3.18. The Hall–Kier alpha value is -3.95. The molecule has 10 nitrogen and oxygen atoms in total. The van der Waals surface area contributed by atoms with E-state index in [1.807, 2.05) is 23.9 Å². The third-order valence-electron chi connectivity index (χ3n) is 5.54. The Labute approximate surface area is 198 Å². The van der Waals surface area contributed by atoms with Crippen molar-refractivity contribution in [3.05, 3.63) is 64.9 Å². The number of nitrogens with one attached hydrogen (secondary N) is 2. The van der Waals surface area contributed by atoms with Gasteiger partial charge >= 0.3 is 0 Å². The van der Waals surface area contributed by atoms with E-state index in [4.69, 9.17) is 4.98 Å². The lowest BCUT2D eigenvalue weighted by Gasteiger charge is -2.16. The molecule has 0 spiro atoms. The molecule has 0 fully saturated rings. The zero-order chi connectivity index (χ0) is 24.4. The summed E-state index contributed by atoms with van der Waals surface area (Å²) in [6, 6.07) is 1.76. The molecule has 4 rings (SSSR count). The van der Waals surface area contributed by atoms with E-state index >= 15 is 0 Å². The number of hydrogen-bond donors (Lipinski definition) is 2. The second-order valence-electron chi connectivity index (χ2n) is 8.90. The molecule has 34 heavy (non-hydrogen) atoms. The van der Waals surface area contributed by atoms with Crippen molar-refractivity contribution in [3.8, 4) is 0 Å². The number of hydrogen-bond acceptors (Lipinski definition) is 7. The minimum Gasteiger partial charge on any atom is -0.380 e. The topological polar surface area (TPSA) is 110 Å². The van der Waals surface area contributed by atoms with Crippen LogP contribution in [0.25, 0.3) is 22.1 Å². The van der Waals surface area contributed by atoms with Gasteiger partial charge in [0.05, 0.1) is 17.1 Å². The first-order valence-electron chi connectivity index (χ1n) is 11.3. The Morgan fingerprint density at radius 1 is 1.35 bits per heavy atom. The van der Waals surface area contributed by atoms with Gasteiger partial charge in [-0.2, -0.15) is 5.10 Å². The molecule has 0 aliphatic carbocycles. The summed E-state index contributed by atoms with van der Waals surface area (Å²) in [5.74, 6) is 2.58. The molecule has 0 aromatic carbocycles. The minimum atomic E-state index is -0.216. The van der Waals surface area contributed by atoms with E-state index in [2.05, 4.69) is 57.7 Å². The van der Waals surface area contributed by atoms with Crippen LogP contribution in [0.1, 0.15) is 25.5 Å². The molecule has 0 aliphatic heterocycles. The lowest BCUT2D eigenvalue weighted by Crippen LogP contribution is -2.25. The van der Waals surface area contributed by atoms with Crippen LogP contribution in [0, 0.1) is 5.92 Å². The van der Waals surface area contributed by atoms with E-state index in [1.165, 1.54) is 4.68 Å². The molecular formula is C24H31N9O. The molecule has 4 aromatic heterocycles. The van der Waals surface area contributed by atoms with Gasteiger partial charge in [-0.1, -0.05) is 20.4 Å². The molecule has 0 unspecified atom stereocenters. The highest BCUT2D eigenvalue weighted by Crippen LogP contribution is 2.24. The van der Waals surface area contributed by atoms with Gasteiger partial charge in [-0.25, -0.2) is 19.6 Å². The number of aromatic nitrogens is 7. The molecular weight excluding hydrogens is 430 g/mol. The van der Waals surface area contributed by atoms with Crippen LogP contribution in [0.4, 0.5) is 5.82 Å². The van der Waals surface area contributed by atoms with Crippen LogP contribution in [-0.4, -0.2) is 59.8 Å². The van der Waals surface area contributed by atoms with Gasteiger partial charge < -0.3 is 19.8 Å². The van der Waals surface area contributed by atoms with Crippen LogP contribution >= 0.6 is 0 Å². The summed E-state index contributed by atoms with van der Waals surface area (Å²) in [5, 5.41) is 8.08. The molecule has 178 valence electrons. The van der Waals surface area contributed by atoms with E-state index in [0.717, 1.165) is 28.8 Å². The molecule has 10 heteroatoms. The van der Waals surface area contributed by atoms with Crippen LogP contribution in [0.5, 0.6) is 0 Å². The van der Waals surface area contributed by atoms with Crippen molar-refractivity contribution in [3.63, 3.8) is 0 Å². The number of aromatic amines is 1. The first-order valence-corrected chi connectivity index (χ1v) is 11.3. The van der Waals surface area contributed by atoms with E-state index in [9.17, 15) is 4.79 Å². The molecule has 4 aromatic rings. The average Bonchev–Trinajstić information content (AvgIpc) is 3.32. The first-order chi connectivity index (χ1) is 16.3. The zero-order valence-corrected chi connectivity index (χ0v) is 20.3. The maximum absolute atomic E-state index is 13.2. The molecule has 0 atom stereocenters. The van der Waals surface area contributed by atoms with Crippen LogP contribution in [-0.2, 0) is 20.0 Å². The van der Waals surface area contributed by atoms with E-state index < -0.39 is 0 Å². The predicted molar refractivity (Wildman–Crippen MR) is 135 cm³/mol. The number of anilines is 1. The van der Waals surface area contributed by atoms with Crippen molar-refractivity contribution < 1.29 is 0 Å². The Kier molecular flexibility index (Phi) is 6.49. The van der Waals surface area contributed by atoms with Gasteiger partial charge in [0, 0.05) is 40.3 Å². The number of aryl methyl sites for hydroxylation is 1. The first kappa shape index (κ1) is 23.2. The molecule has 0 saturated heterocycles. The van der Waals surface area contributed by atoms with Gasteiger partial charge in [0.1, 0.15) is 23.7 Å². The predicted octanol–water partition coefficient (Wildman–Crippen LogP) is 2.69. The lowest BCUT2D eigenvalue weighted by atomic mass is 10.2. The van der Waals surface area contributed by atoms with Crippen LogP contribution in [0.15, 0.2) is 47.7 Å². The maximum Gasteiger partial charge on any atom is 0.291 e. The number of allylic oxidation sites excluding steroid dienone is 2. The number of nitrogens with zero attached hydrogens (tertiary/aromatic N) is 7. The molecule has 0 radical (unpaired) electrons. The van der Waals surface area contributed by atoms with Gasteiger partial charge in [-0.05, 0) is 29.8 Å². The number of rotatable bonds is 9. The van der Waals surface area contributed by atoms with E-state index in [0.29, 0.717) is 35.1 Å². The Morgan fingerprint density at radius 2 is 2.15 bits per heavy atom. The largest absolute Gasteiger partial charge is 0.380 e. The second-order valence-corrected chi connectivity index (χ2v) is 8.90. The van der Waals surface area contributed by atoms with E-state index in [-0.39, 0.29) is 12.1 Å². The van der Waals surface area contributed by atoms with Gasteiger partial charge in [0.15, 0.2) is 11.5 Å². The van der Waals surface area contributed by atoms with Crippen LogP contribution in [0.2, 0.25) is 0 Å². The minimum absolute atomic E-state index is 0.180.